The molecule has 1 aliphatic heterocycles. The minimum Gasteiger partial charge on any atom is -0.394 e. The number of aliphatic imine (C=N–C) groups is 1. The topological polar surface area (TPSA) is 130 Å². The molecular formula is C18H21N5O3S. The number of aromatic nitrogens is 1. The molecule has 1 aromatic rings. The fourth-order valence-corrected chi connectivity index (χ4v) is 3.65. The number of fused-ring (bicyclic) bond motifs is 1. The van der Waals surface area contributed by atoms with Crippen LogP contribution in [-0.2, 0) is 0 Å². The lowest BCUT2D eigenvalue weighted by molar-refractivity contribution is 0.0916. The van der Waals surface area contributed by atoms with Crippen LogP contribution < -0.4 is 16.4 Å². The molecule has 1 aromatic heterocycles. The summed E-state index contributed by atoms with van der Waals surface area (Å²) in [6.45, 7) is 1.84. The highest BCUT2D eigenvalue weighted by Crippen LogP contribution is 2.30. The first-order valence-electron chi connectivity index (χ1n) is 8.52. The van der Waals surface area contributed by atoms with Crippen molar-refractivity contribution in [1.82, 2.24) is 15.6 Å². The average Bonchev–Trinajstić information content (AvgIpc) is 3.05. The van der Waals surface area contributed by atoms with E-state index in [1.165, 1.54) is 17.8 Å². The summed E-state index contributed by atoms with van der Waals surface area (Å²) >= 11 is 1.51. The Morgan fingerprint density at radius 3 is 2.81 bits per heavy atom. The van der Waals surface area contributed by atoms with Gasteiger partial charge in [0.2, 0.25) is 0 Å². The van der Waals surface area contributed by atoms with Crippen molar-refractivity contribution in [2.24, 2.45) is 10.7 Å². The van der Waals surface area contributed by atoms with Gasteiger partial charge in [0.15, 0.2) is 5.17 Å². The van der Waals surface area contributed by atoms with Crippen molar-refractivity contribution in [3.8, 4) is 0 Å². The van der Waals surface area contributed by atoms with E-state index in [9.17, 15) is 9.59 Å². The number of carbonyl (C=O) groups is 2. The molecule has 2 aliphatic rings. The van der Waals surface area contributed by atoms with Crippen molar-refractivity contribution in [2.75, 3.05) is 13.2 Å². The van der Waals surface area contributed by atoms with Crippen LogP contribution in [0.4, 0.5) is 0 Å². The van der Waals surface area contributed by atoms with Crippen LogP contribution >= 0.6 is 11.8 Å². The van der Waals surface area contributed by atoms with Crippen molar-refractivity contribution in [3.63, 3.8) is 0 Å². The molecule has 0 bridgehead atoms. The molecule has 142 valence electrons. The largest absolute Gasteiger partial charge is 0.394 e. The molecule has 0 spiro atoms. The molecule has 2 heterocycles. The summed E-state index contributed by atoms with van der Waals surface area (Å²) < 4.78 is 0. The molecule has 0 radical (unpaired) electrons. The van der Waals surface area contributed by atoms with Gasteiger partial charge in [0.1, 0.15) is 11.4 Å². The summed E-state index contributed by atoms with van der Waals surface area (Å²) in [6.07, 6.45) is 5.95. The molecule has 2 unspecified atom stereocenters. The Morgan fingerprint density at radius 1 is 1.33 bits per heavy atom. The smallest absolute Gasteiger partial charge is 0.270 e. The second kappa shape index (κ2) is 8.36. The van der Waals surface area contributed by atoms with Gasteiger partial charge in [0.05, 0.1) is 17.9 Å². The fourth-order valence-electron chi connectivity index (χ4n) is 2.66. The number of nitrogens with two attached hydrogens (primary N) is 1. The third-order valence-electron chi connectivity index (χ3n) is 4.07. The van der Waals surface area contributed by atoms with E-state index in [1.54, 1.807) is 19.1 Å². The molecule has 0 saturated heterocycles. The van der Waals surface area contributed by atoms with Crippen molar-refractivity contribution in [2.45, 2.75) is 24.3 Å². The minimum atomic E-state index is -0.439. The number of amides is 2. The van der Waals surface area contributed by atoms with Gasteiger partial charge < -0.3 is 21.5 Å². The van der Waals surface area contributed by atoms with Gasteiger partial charge in [0, 0.05) is 12.6 Å². The highest BCUT2D eigenvalue weighted by atomic mass is 32.2. The van der Waals surface area contributed by atoms with Crippen LogP contribution in [-0.4, -0.2) is 57.6 Å². The lowest BCUT2D eigenvalue weighted by Gasteiger charge is -2.16. The maximum absolute atomic E-state index is 12.4. The standard InChI is InChI=1S/C18H21N5O3S/c1-10(9-24)21-17(26)14-4-2-3-13(22-14)16(25)20-8-11-5-6-12-15(7-11)27-18(19)23-12/h2-7,10,12,15,24H,8-9H2,1H3,(H2,19,23)(H,20,25)(H,21,26)/t10-,12?,15?/m0/s1. The number of aliphatic hydroxyl groups excluding tert-OH is 1. The van der Waals surface area contributed by atoms with E-state index < -0.39 is 11.9 Å². The minimum absolute atomic E-state index is 0.0626. The van der Waals surface area contributed by atoms with E-state index in [4.69, 9.17) is 10.8 Å². The Kier molecular flexibility index (Phi) is 5.92. The van der Waals surface area contributed by atoms with Crippen molar-refractivity contribution in [1.29, 1.82) is 0 Å². The van der Waals surface area contributed by atoms with E-state index in [1.807, 2.05) is 18.2 Å². The lowest BCUT2D eigenvalue weighted by Crippen LogP contribution is -2.36. The van der Waals surface area contributed by atoms with Crippen LogP contribution in [0.2, 0.25) is 0 Å². The number of amidine groups is 1. The van der Waals surface area contributed by atoms with E-state index in [0.717, 1.165) is 5.57 Å². The first-order chi connectivity index (χ1) is 13.0. The van der Waals surface area contributed by atoms with E-state index in [-0.39, 0.29) is 35.2 Å². The van der Waals surface area contributed by atoms with E-state index in [0.29, 0.717) is 11.7 Å². The number of nitrogens with zero attached hydrogens (tertiary/aromatic N) is 2. The highest BCUT2D eigenvalue weighted by molar-refractivity contribution is 8.14. The monoisotopic (exact) mass is 387 g/mol. The van der Waals surface area contributed by atoms with Crippen LogP contribution in [0, 0.1) is 0 Å². The summed E-state index contributed by atoms with van der Waals surface area (Å²) in [7, 11) is 0. The van der Waals surface area contributed by atoms with Gasteiger partial charge in [-0.2, -0.15) is 0 Å². The molecule has 5 N–H and O–H groups in total. The van der Waals surface area contributed by atoms with Gasteiger partial charge in [-0.25, -0.2) is 4.98 Å². The van der Waals surface area contributed by atoms with Crippen LogP contribution in [0.1, 0.15) is 27.9 Å². The zero-order chi connectivity index (χ0) is 19.4. The van der Waals surface area contributed by atoms with Crippen molar-refractivity contribution in [3.05, 3.63) is 53.4 Å². The molecule has 9 heteroatoms. The van der Waals surface area contributed by atoms with Gasteiger partial charge in [0.25, 0.3) is 11.8 Å². The number of pyridine rings is 1. The number of hydrogen-bond acceptors (Lipinski definition) is 7. The Balaban J connectivity index is 1.59. The second-order valence-electron chi connectivity index (χ2n) is 6.29. The molecule has 3 rings (SSSR count). The van der Waals surface area contributed by atoms with E-state index >= 15 is 0 Å². The molecule has 1 aliphatic carbocycles. The first-order valence-corrected chi connectivity index (χ1v) is 9.40. The number of hydrogen-bond donors (Lipinski definition) is 4. The van der Waals surface area contributed by atoms with Crippen LogP contribution in [0.15, 0.2) is 47.0 Å². The lowest BCUT2D eigenvalue weighted by atomic mass is 10.0. The third kappa shape index (κ3) is 4.75. The molecule has 8 nitrogen and oxygen atoms in total. The van der Waals surface area contributed by atoms with Gasteiger partial charge in [-0.1, -0.05) is 36.1 Å². The van der Waals surface area contributed by atoms with Gasteiger partial charge in [-0.3, -0.25) is 14.6 Å². The maximum Gasteiger partial charge on any atom is 0.270 e. The quantitative estimate of drug-likeness (QED) is 0.552. The maximum atomic E-state index is 12.4. The zero-order valence-corrected chi connectivity index (χ0v) is 15.6. The Bertz CT molecular complexity index is 836. The zero-order valence-electron chi connectivity index (χ0n) is 14.8. The normalized spacial score (nSPS) is 21.7. The van der Waals surface area contributed by atoms with Crippen molar-refractivity contribution >= 4 is 28.7 Å². The Morgan fingerprint density at radius 2 is 2.07 bits per heavy atom. The average molecular weight is 387 g/mol. The number of aliphatic hydroxyl groups is 1. The summed E-state index contributed by atoms with van der Waals surface area (Å²) in [6, 6.07) is 4.33. The SMILES string of the molecule is C[C@@H](CO)NC(=O)c1cccc(C(=O)NCC2=CC3SC(N)=NC3C=C2)n1. The number of thioether (sulfide) groups is 1. The van der Waals surface area contributed by atoms with E-state index in [2.05, 4.69) is 20.6 Å². The van der Waals surface area contributed by atoms with Crippen LogP contribution in [0.25, 0.3) is 0 Å². The summed E-state index contributed by atoms with van der Waals surface area (Å²) in [5.41, 5.74) is 6.98. The van der Waals surface area contributed by atoms with Crippen LogP contribution in [0.5, 0.6) is 0 Å². The number of rotatable bonds is 6. The molecule has 0 fully saturated rings. The van der Waals surface area contributed by atoms with Gasteiger partial charge in [-0.15, -0.1) is 0 Å². The molecule has 3 atom stereocenters. The fraction of sp³-hybridized carbons (Fsp3) is 0.333. The summed E-state index contributed by atoms with van der Waals surface area (Å²) in [4.78, 5) is 32.9. The highest BCUT2D eigenvalue weighted by Gasteiger charge is 2.27. The number of carbonyl (C=O) groups excluding carboxylic acids is 2. The van der Waals surface area contributed by atoms with Gasteiger partial charge in [-0.05, 0) is 24.6 Å². The van der Waals surface area contributed by atoms with Crippen molar-refractivity contribution < 1.29 is 14.7 Å². The molecule has 0 aromatic carbocycles. The molecule has 2 amide bonds. The molecule has 0 saturated carbocycles. The summed E-state index contributed by atoms with van der Waals surface area (Å²) in [5.74, 6) is -0.808. The summed E-state index contributed by atoms with van der Waals surface area (Å²) in [5, 5.41) is 15.2. The Hall–Kier alpha value is -2.65. The Labute approximate surface area is 161 Å². The third-order valence-corrected chi connectivity index (χ3v) is 5.11. The van der Waals surface area contributed by atoms with Gasteiger partial charge >= 0.3 is 0 Å². The first kappa shape index (κ1) is 19.1. The molecule has 27 heavy (non-hydrogen) atoms. The second-order valence-corrected chi connectivity index (χ2v) is 7.49. The number of nitrogens with one attached hydrogen (secondary N) is 2. The predicted octanol–water partition coefficient (Wildman–Crippen LogP) is 0.217. The predicted molar refractivity (Wildman–Crippen MR) is 105 cm³/mol. The van der Waals surface area contributed by atoms with Crippen LogP contribution in [0.3, 0.4) is 0 Å². The molecular weight excluding hydrogens is 366 g/mol.